The molecule has 2 aromatic carbocycles. The van der Waals surface area contributed by atoms with Crippen molar-refractivity contribution in [2.24, 2.45) is 0 Å². The molecule has 2 aromatic rings. The molecule has 0 saturated heterocycles. The molecular formula is C14H14LiMgO2. The van der Waals surface area contributed by atoms with Crippen LogP contribution in [0.5, 0.6) is 11.5 Å². The van der Waals surface area contributed by atoms with Gasteiger partial charge in [-0.3, -0.25) is 0 Å². The molecule has 0 spiro atoms. The van der Waals surface area contributed by atoms with Crippen molar-refractivity contribution in [1.29, 1.82) is 0 Å². The van der Waals surface area contributed by atoms with E-state index in [1.807, 2.05) is 48.5 Å². The van der Waals surface area contributed by atoms with Crippen LogP contribution in [-0.2, 0) is 0 Å². The van der Waals surface area contributed by atoms with Crippen molar-refractivity contribution in [1.82, 2.24) is 0 Å². The van der Waals surface area contributed by atoms with Crippen LogP contribution in [0.15, 0.2) is 48.5 Å². The Kier molecular flexibility index (Phi) is 14.1. The molecule has 0 saturated carbocycles. The number of methoxy groups -OCH3 is 2. The summed E-state index contributed by atoms with van der Waals surface area (Å²) in [5.41, 5.74) is 0. The third kappa shape index (κ3) is 8.49. The Morgan fingerprint density at radius 2 is 1.00 bits per heavy atom. The molecule has 0 aliphatic rings. The molecule has 0 unspecified atom stereocenters. The van der Waals surface area contributed by atoms with E-state index < -0.39 is 0 Å². The maximum Gasteiger partial charge on any atom is 2.00 e. The Morgan fingerprint density at radius 3 is 1.17 bits per heavy atom. The second-order valence-corrected chi connectivity index (χ2v) is 2.88. The minimum atomic E-state index is 0. The van der Waals surface area contributed by atoms with Gasteiger partial charge in [-0.25, -0.2) is 0 Å². The van der Waals surface area contributed by atoms with E-state index in [4.69, 9.17) is 9.47 Å². The molecule has 1 radical (unpaired) electrons. The zero-order valence-corrected chi connectivity index (χ0v) is 12.6. The minimum Gasteiger partial charge on any atom is -0.522 e. The fraction of sp³-hybridized carbons (Fsp3) is 0.143. The van der Waals surface area contributed by atoms with Crippen LogP contribution in [0.3, 0.4) is 0 Å². The third-order valence-electron chi connectivity index (χ3n) is 1.85. The molecule has 0 aromatic heterocycles. The molecule has 0 fully saturated rings. The third-order valence-corrected chi connectivity index (χ3v) is 1.85. The first kappa shape index (κ1) is 19.7. The van der Waals surface area contributed by atoms with Gasteiger partial charge in [0.1, 0.15) is 0 Å². The van der Waals surface area contributed by atoms with Gasteiger partial charge in [0.2, 0.25) is 0 Å². The summed E-state index contributed by atoms with van der Waals surface area (Å²) < 4.78 is 9.79. The monoisotopic (exact) mass is 245 g/mol. The quantitative estimate of drug-likeness (QED) is 0.597. The van der Waals surface area contributed by atoms with Crippen LogP contribution in [0.2, 0.25) is 0 Å². The minimum absolute atomic E-state index is 0. The maximum atomic E-state index is 4.89. The van der Waals surface area contributed by atoms with Crippen LogP contribution in [-0.4, -0.2) is 56.1 Å². The van der Waals surface area contributed by atoms with Gasteiger partial charge in [0.25, 0.3) is 0 Å². The van der Waals surface area contributed by atoms with Gasteiger partial charge in [0.05, 0.1) is 14.2 Å². The van der Waals surface area contributed by atoms with E-state index in [1.54, 1.807) is 14.2 Å². The first-order chi connectivity index (χ1) is 7.86. The topological polar surface area (TPSA) is 18.5 Å². The summed E-state index contributed by atoms with van der Waals surface area (Å²) in [7, 11) is 3.30. The number of ether oxygens (including phenoxy) is 2. The second-order valence-electron chi connectivity index (χ2n) is 2.88. The van der Waals surface area contributed by atoms with Gasteiger partial charge in [-0.05, 0) is 0 Å². The molecule has 18 heavy (non-hydrogen) atoms. The normalized spacial score (nSPS) is 7.67. The largest absolute Gasteiger partial charge is 2.00 e. The second kappa shape index (κ2) is 12.9. The van der Waals surface area contributed by atoms with Gasteiger partial charge in [-0.2, -0.15) is 36.4 Å². The molecule has 0 aliphatic carbocycles. The summed E-state index contributed by atoms with van der Waals surface area (Å²) in [5.74, 6) is 1.76. The van der Waals surface area contributed by atoms with Crippen molar-refractivity contribution in [3.05, 3.63) is 60.7 Å². The molecule has 85 valence electrons. The summed E-state index contributed by atoms with van der Waals surface area (Å²) in [6, 6.07) is 20.5. The van der Waals surface area contributed by atoms with Crippen LogP contribution in [0.4, 0.5) is 0 Å². The summed E-state index contributed by atoms with van der Waals surface area (Å²) in [4.78, 5) is 0. The zero-order chi connectivity index (χ0) is 11.6. The van der Waals surface area contributed by atoms with Crippen molar-refractivity contribution < 1.29 is 9.47 Å². The predicted molar refractivity (Wildman–Crippen MR) is 75.2 cm³/mol. The van der Waals surface area contributed by atoms with Crippen molar-refractivity contribution in [3.8, 4) is 11.5 Å². The van der Waals surface area contributed by atoms with Crippen LogP contribution < -0.4 is 9.47 Å². The Balaban J connectivity index is 0. The number of rotatable bonds is 2. The van der Waals surface area contributed by atoms with Crippen molar-refractivity contribution in [3.63, 3.8) is 0 Å². The molecule has 0 bridgehead atoms. The fourth-order valence-corrected chi connectivity index (χ4v) is 1.02. The first-order valence-corrected chi connectivity index (χ1v) is 4.87. The Labute approximate surface area is 137 Å². The van der Waals surface area contributed by atoms with Crippen LogP contribution in [0.25, 0.3) is 0 Å². The summed E-state index contributed by atoms with van der Waals surface area (Å²) in [6.45, 7) is 0. The zero-order valence-electron chi connectivity index (χ0n) is 11.1. The molecule has 0 amide bonds. The van der Waals surface area contributed by atoms with Gasteiger partial charge < -0.3 is 9.47 Å². The van der Waals surface area contributed by atoms with E-state index >= 15 is 0 Å². The van der Waals surface area contributed by atoms with Crippen molar-refractivity contribution in [2.75, 3.05) is 14.2 Å². The SMILES string of the molecule is COc1cc[c-]cc1.COc1cc[c-]cc1.[Li].[Mg+2]. The molecule has 4 heteroatoms. The average molecular weight is 246 g/mol. The summed E-state index contributed by atoms with van der Waals surface area (Å²) >= 11 is 0. The number of hydrogen-bond donors (Lipinski definition) is 0. The summed E-state index contributed by atoms with van der Waals surface area (Å²) in [6.07, 6.45) is 0. The van der Waals surface area contributed by atoms with Gasteiger partial charge in [0.15, 0.2) is 0 Å². The molecule has 2 nitrogen and oxygen atoms in total. The predicted octanol–water partition coefficient (Wildman–Crippen LogP) is 2.23. The van der Waals surface area contributed by atoms with Gasteiger partial charge in [-0.15, -0.1) is 24.3 Å². The van der Waals surface area contributed by atoms with E-state index in [1.165, 1.54) is 0 Å². The smallest absolute Gasteiger partial charge is 0.522 e. The molecule has 0 atom stereocenters. The number of benzene rings is 2. The molecule has 0 aliphatic heterocycles. The van der Waals surface area contributed by atoms with Gasteiger partial charge in [-0.1, -0.05) is 0 Å². The number of hydrogen-bond acceptors (Lipinski definition) is 2. The van der Waals surface area contributed by atoms with E-state index in [9.17, 15) is 0 Å². The molecule has 0 heterocycles. The first-order valence-electron chi connectivity index (χ1n) is 4.87. The fourth-order valence-electron chi connectivity index (χ4n) is 1.02. The van der Waals surface area contributed by atoms with Crippen molar-refractivity contribution >= 4 is 41.9 Å². The van der Waals surface area contributed by atoms with E-state index in [0.717, 1.165) is 11.5 Å². The summed E-state index contributed by atoms with van der Waals surface area (Å²) in [5, 5.41) is 0. The Morgan fingerprint density at radius 1 is 0.722 bits per heavy atom. The van der Waals surface area contributed by atoms with E-state index in [-0.39, 0.29) is 41.9 Å². The van der Waals surface area contributed by atoms with Crippen LogP contribution >= 0.6 is 0 Å². The molecule has 2 rings (SSSR count). The van der Waals surface area contributed by atoms with Crippen LogP contribution in [0, 0.1) is 12.1 Å². The van der Waals surface area contributed by atoms with E-state index in [2.05, 4.69) is 12.1 Å². The van der Waals surface area contributed by atoms with Gasteiger partial charge in [0, 0.05) is 30.4 Å². The Hall–Kier alpha value is -0.596. The van der Waals surface area contributed by atoms with E-state index in [0.29, 0.717) is 0 Å². The standard InChI is InChI=1S/2C7H7O.Li.Mg/c2*1-8-7-5-3-2-4-6-7;;/h2*3-6H,1H3;;/q2*-1;;+2. The average Bonchev–Trinajstić information content (AvgIpc) is 2.41. The maximum absolute atomic E-state index is 4.89. The Bertz CT molecular complexity index is 342. The van der Waals surface area contributed by atoms with Crippen LogP contribution in [0.1, 0.15) is 0 Å². The van der Waals surface area contributed by atoms with Crippen molar-refractivity contribution in [2.45, 2.75) is 0 Å². The van der Waals surface area contributed by atoms with Gasteiger partial charge >= 0.3 is 23.1 Å². The molecular weight excluding hydrogens is 231 g/mol. The molecule has 0 N–H and O–H groups in total.